The highest BCUT2D eigenvalue weighted by molar-refractivity contribution is 7.89. The molecule has 0 aromatic carbocycles. The highest BCUT2D eigenvalue weighted by Gasteiger charge is 2.28. The van der Waals surface area contributed by atoms with Crippen molar-refractivity contribution in [3.63, 3.8) is 0 Å². The first kappa shape index (κ1) is 14.7. The molecule has 8 nitrogen and oxygen atoms in total. The normalized spacial score (nSPS) is 13.6. The third-order valence-electron chi connectivity index (χ3n) is 2.74. The molecule has 0 aliphatic carbocycles. The van der Waals surface area contributed by atoms with Gasteiger partial charge < -0.3 is 9.05 Å². The van der Waals surface area contributed by atoms with E-state index >= 15 is 0 Å². The first-order valence-corrected chi connectivity index (χ1v) is 7.61. The molecule has 20 heavy (non-hydrogen) atoms. The summed E-state index contributed by atoms with van der Waals surface area (Å²) in [4.78, 5) is 4.14. The summed E-state index contributed by atoms with van der Waals surface area (Å²) in [7, 11) is -3.76. The Morgan fingerprint density at radius 1 is 1.25 bits per heavy atom. The molecule has 1 atom stereocenters. The SMILES string of the molecule is CCc1noc(C(C)NS(=O)(=O)c2c(C)noc2C)n1. The topological polar surface area (TPSA) is 111 Å². The Bertz CT molecular complexity index is 684. The van der Waals surface area contributed by atoms with Crippen molar-refractivity contribution in [3.05, 3.63) is 23.2 Å². The summed E-state index contributed by atoms with van der Waals surface area (Å²) in [5.41, 5.74) is 0.307. The van der Waals surface area contributed by atoms with Crippen LogP contribution in [0.3, 0.4) is 0 Å². The average Bonchev–Trinajstić information content (AvgIpc) is 2.95. The number of nitrogens with one attached hydrogen (secondary N) is 1. The number of hydrogen-bond acceptors (Lipinski definition) is 7. The summed E-state index contributed by atoms with van der Waals surface area (Å²) in [6.07, 6.45) is 0.618. The first-order valence-electron chi connectivity index (χ1n) is 6.12. The minimum atomic E-state index is -3.76. The van der Waals surface area contributed by atoms with Gasteiger partial charge in [0.15, 0.2) is 11.6 Å². The highest BCUT2D eigenvalue weighted by atomic mass is 32.2. The van der Waals surface area contributed by atoms with Crippen LogP contribution in [0.2, 0.25) is 0 Å². The van der Waals surface area contributed by atoms with Gasteiger partial charge in [-0.25, -0.2) is 8.42 Å². The molecule has 0 amide bonds. The van der Waals surface area contributed by atoms with Gasteiger partial charge in [0.05, 0.1) is 6.04 Å². The summed E-state index contributed by atoms with van der Waals surface area (Å²) in [6.45, 7) is 6.62. The van der Waals surface area contributed by atoms with E-state index in [9.17, 15) is 8.42 Å². The standard InChI is InChI=1S/C11H16N4O4S/c1-5-9-12-11(19-14-9)7(3)15-20(16,17)10-6(2)13-18-8(10)4/h7,15H,5H2,1-4H3. The maximum Gasteiger partial charge on any atom is 0.246 e. The minimum Gasteiger partial charge on any atom is -0.360 e. The zero-order valence-corrected chi connectivity index (χ0v) is 12.5. The van der Waals surface area contributed by atoms with Crippen molar-refractivity contribution in [2.45, 2.75) is 45.1 Å². The maximum atomic E-state index is 12.3. The van der Waals surface area contributed by atoms with Crippen LogP contribution in [0.25, 0.3) is 0 Å². The summed E-state index contributed by atoms with van der Waals surface area (Å²) in [6, 6.07) is -0.638. The van der Waals surface area contributed by atoms with Gasteiger partial charge in [0.2, 0.25) is 15.9 Å². The van der Waals surface area contributed by atoms with Gasteiger partial charge in [0, 0.05) is 6.42 Å². The Morgan fingerprint density at radius 3 is 2.45 bits per heavy atom. The van der Waals surface area contributed by atoms with Gasteiger partial charge in [-0.15, -0.1) is 0 Å². The molecule has 2 heterocycles. The van der Waals surface area contributed by atoms with Crippen LogP contribution >= 0.6 is 0 Å². The third-order valence-corrected chi connectivity index (χ3v) is 4.52. The number of rotatable bonds is 5. The molecule has 0 aliphatic rings. The fourth-order valence-corrected chi connectivity index (χ4v) is 3.31. The Hall–Kier alpha value is -1.74. The molecule has 2 aromatic rings. The van der Waals surface area contributed by atoms with E-state index in [1.807, 2.05) is 6.92 Å². The van der Waals surface area contributed by atoms with Gasteiger partial charge in [-0.1, -0.05) is 17.2 Å². The second-order valence-electron chi connectivity index (χ2n) is 4.40. The molecule has 1 N–H and O–H groups in total. The van der Waals surface area contributed by atoms with Crippen molar-refractivity contribution in [1.29, 1.82) is 0 Å². The zero-order chi connectivity index (χ0) is 14.9. The maximum absolute atomic E-state index is 12.3. The van der Waals surface area contributed by atoms with Crippen LogP contribution in [-0.2, 0) is 16.4 Å². The second kappa shape index (κ2) is 5.33. The number of aromatic nitrogens is 3. The minimum absolute atomic E-state index is 0.0413. The lowest BCUT2D eigenvalue weighted by atomic mass is 10.4. The summed E-state index contributed by atoms with van der Waals surface area (Å²) in [5.74, 6) is 0.988. The Balaban J connectivity index is 2.24. The van der Waals surface area contributed by atoms with Crippen LogP contribution in [0.1, 0.15) is 43.1 Å². The zero-order valence-electron chi connectivity index (χ0n) is 11.7. The second-order valence-corrected chi connectivity index (χ2v) is 6.05. The number of hydrogen-bond donors (Lipinski definition) is 1. The van der Waals surface area contributed by atoms with Crippen LogP contribution in [0.15, 0.2) is 13.9 Å². The predicted molar refractivity (Wildman–Crippen MR) is 68.4 cm³/mol. The smallest absolute Gasteiger partial charge is 0.246 e. The van der Waals surface area contributed by atoms with Gasteiger partial charge in [-0.2, -0.15) is 9.71 Å². The van der Waals surface area contributed by atoms with Crippen molar-refractivity contribution in [1.82, 2.24) is 20.0 Å². The quantitative estimate of drug-likeness (QED) is 0.885. The molecule has 0 radical (unpaired) electrons. The fourth-order valence-electron chi connectivity index (χ4n) is 1.79. The predicted octanol–water partition coefficient (Wildman–Crippen LogP) is 1.28. The Morgan fingerprint density at radius 2 is 1.95 bits per heavy atom. The van der Waals surface area contributed by atoms with Gasteiger partial charge in [-0.3, -0.25) is 0 Å². The summed E-state index contributed by atoms with van der Waals surface area (Å²) >= 11 is 0. The van der Waals surface area contributed by atoms with E-state index in [1.165, 1.54) is 0 Å². The molecular formula is C11H16N4O4S. The molecule has 0 fully saturated rings. The summed E-state index contributed by atoms with van der Waals surface area (Å²) in [5, 5.41) is 7.37. The molecule has 1 unspecified atom stereocenters. The van der Waals surface area contributed by atoms with Crippen LogP contribution in [-0.4, -0.2) is 23.7 Å². The highest BCUT2D eigenvalue weighted by Crippen LogP contribution is 2.21. The third kappa shape index (κ3) is 2.73. The Kier molecular flexibility index (Phi) is 3.91. The first-order chi connectivity index (χ1) is 9.35. The lowest BCUT2D eigenvalue weighted by Crippen LogP contribution is -2.27. The molecule has 2 rings (SSSR count). The molecule has 110 valence electrons. The van der Waals surface area contributed by atoms with Crippen molar-refractivity contribution in [2.75, 3.05) is 0 Å². The Labute approximate surface area is 116 Å². The van der Waals surface area contributed by atoms with Crippen LogP contribution in [0, 0.1) is 13.8 Å². The van der Waals surface area contributed by atoms with E-state index in [2.05, 4.69) is 20.0 Å². The number of aryl methyl sites for hydroxylation is 3. The van der Waals surface area contributed by atoms with Gasteiger partial charge in [0.1, 0.15) is 10.6 Å². The molecular weight excluding hydrogens is 284 g/mol. The van der Waals surface area contributed by atoms with Gasteiger partial charge in [0.25, 0.3) is 0 Å². The van der Waals surface area contributed by atoms with Crippen LogP contribution < -0.4 is 4.72 Å². The van der Waals surface area contributed by atoms with Crippen LogP contribution in [0.5, 0.6) is 0 Å². The van der Waals surface area contributed by atoms with E-state index in [4.69, 9.17) is 9.05 Å². The number of nitrogens with zero attached hydrogens (tertiary/aromatic N) is 3. The fraction of sp³-hybridized carbons (Fsp3) is 0.545. The molecule has 0 bridgehead atoms. The van der Waals surface area contributed by atoms with E-state index in [0.717, 1.165) is 0 Å². The van der Waals surface area contributed by atoms with Crippen molar-refractivity contribution < 1.29 is 17.5 Å². The summed E-state index contributed by atoms with van der Waals surface area (Å²) < 4.78 is 36.9. The van der Waals surface area contributed by atoms with E-state index in [1.54, 1.807) is 20.8 Å². The molecule has 0 saturated carbocycles. The average molecular weight is 300 g/mol. The van der Waals surface area contributed by atoms with Crippen LogP contribution in [0.4, 0.5) is 0 Å². The molecule has 2 aromatic heterocycles. The number of sulfonamides is 1. The molecule has 0 aliphatic heterocycles. The van der Waals surface area contributed by atoms with Gasteiger partial charge >= 0.3 is 0 Å². The van der Waals surface area contributed by atoms with Crippen molar-refractivity contribution in [2.24, 2.45) is 0 Å². The van der Waals surface area contributed by atoms with E-state index in [0.29, 0.717) is 17.9 Å². The molecule has 0 saturated heterocycles. The van der Waals surface area contributed by atoms with Crippen molar-refractivity contribution in [3.8, 4) is 0 Å². The van der Waals surface area contributed by atoms with Gasteiger partial charge in [-0.05, 0) is 20.8 Å². The molecule has 0 spiro atoms. The van der Waals surface area contributed by atoms with E-state index < -0.39 is 16.1 Å². The monoisotopic (exact) mass is 300 g/mol. The van der Waals surface area contributed by atoms with E-state index in [-0.39, 0.29) is 16.5 Å². The molecule has 9 heteroatoms. The lowest BCUT2D eigenvalue weighted by Gasteiger charge is -2.09. The van der Waals surface area contributed by atoms with Crippen molar-refractivity contribution >= 4 is 10.0 Å². The lowest BCUT2D eigenvalue weighted by molar-refractivity contribution is 0.349. The largest absolute Gasteiger partial charge is 0.360 e.